The van der Waals surface area contributed by atoms with Gasteiger partial charge in [-0.2, -0.15) is 0 Å². The van der Waals surface area contributed by atoms with Crippen molar-refractivity contribution in [3.05, 3.63) is 37.3 Å². The van der Waals surface area contributed by atoms with E-state index >= 15 is 0 Å². The van der Waals surface area contributed by atoms with Crippen molar-refractivity contribution in [1.29, 1.82) is 0 Å². The summed E-state index contributed by atoms with van der Waals surface area (Å²) in [6.07, 6.45) is 1.10. The molecule has 8 heteroatoms. The minimum absolute atomic E-state index is 0.0190. The predicted octanol–water partition coefficient (Wildman–Crippen LogP) is 1.18. The van der Waals surface area contributed by atoms with Crippen LogP contribution in [0.5, 0.6) is 0 Å². The Morgan fingerprint density at radius 2 is 2.25 bits per heavy atom. The molecule has 0 unspecified atom stereocenters. The Balaban J connectivity index is 3.07. The molecule has 0 aliphatic heterocycles. The van der Waals surface area contributed by atoms with E-state index in [0.717, 1.165) is 6.33 Å². The summed E-state index contributed by atoms with van der Waals surface area (Å²) in [5.74, 6) is 0. The number of aromatic amines is 1. The number of nitrogens with one attached hydrogen (secondary N) is 1. The van der Waals surface area contributed by atoms with E-state index in [-0.39, 0.29) is 22.3 Å². The largest absolute Gasteiger partial charge is 0.392 e. The van der Waals surface area contributed by atoms with E-state index in [1.54, 1.807) is 0 Å². The molecule has 0 atom stereocenters. The molecular weight excluding hydrogens is 280 g/mol. The molecule has 0 bridgehead atoms. The van der Waals surface area contributed by atoms with Gasteiger partial charge in [-0.15, -0.1) is 0 Å². The molecule has 0 fully saturated rings. The van der Waals surface area contributed by atoms with Gasteiger partial charge in [-0.3, -0.25) is 14.9 Å². The number of nitrogens with two attached hydrogens (primary N) is 1. The van der Waals surface area contributed by atoms with Crippen LogP contribution in [0.25, 0.3) is 10.9 Å². The molecule has 1 aromatic heterocycles. The van der Waals surface area contributed by atoms with Crippen LogP contribution in [0.4, 0.5) is 11.4 Å². The standard InChI is InChI=1S/C8H5BrN4O3/c9-4-1-3-6(11-2-12-8(3)14)7(5(4)10)13(15)16/h1-2H,10H2,(H,11,12,14). The molecule has 0 saturated carbocycles. The summed E-state index contributed by atoms with van der Waals surface area (Å²) in [7, 11) is 0. The lowest BCUT2D eigenvalue weighted by atomic mass is 10.2. The molecule has 0 aliphatic carbocycles. The number of hydrogen-bond acceptors (Lipinski definition) is 5. The molecule has 1 heterocycles. The number of nitro groups is 1. The van der Waals surface area contributed by atoms with Gasteiger partial charge in [0.05, 0.1) is 16.6 Å². The highest BCUT2D eigenvalue weighted by atomic mass is 79.9. The molecule has 0 saturated heterocycles. The maximum absolute atomic E-state index is 11.4. The van der Waals surface area contributed by atoms with Crippen molar-refractivity contribution in [3.63, 3.8) is 0 Å². The second-order valence-electron chi connectivity index (χ2n) is 3.01. The molecule has 2 aromatic rings. The minimum Gasteiger partial charge on any atom is -0.392 e. The Bertz CT molecular complexity index is 652. The number of hydrogen-bond donors (Lipinski definition) is 2. The second kappa shape index (κ2) is 3.56. The first-order chi connectivity index (χ1) is 7.52. The number of nitrogens with zero attached hydrogens (tertiary/aromatic N) is 2. The van der Waals surface area contributed by atoms with Crippen LogP contribution in [0.3, 0.4) is 0 Å². The number of rotatable bonds is 1. The van der Waals surface area contributed by atoms with Gasteiger partial charge in [-0.25, -0.2) is 4.98 Å². The summed E-state index contributed by atoms with van der Waals surface area (Å²) >= 11 is 3.06. The molecule has 0 aliphatic rings. The van der Waals surface area contributed by atoms with Crippen molar-refractivity contribution in [2.24, 2.45) is 0 Å². The van der Waals surface area contributed by atoms with Crippen molar-refractivity contribution >= 4 is 38.2 Å². The molecular formula is C8H5BrN4O3. The fourth-order valence-corrected chi connectivity index (χ4v) is 1.78. The van der Waals surface area contributed by atoms with E-state index in [4.69, 9.17) is 5.73 Å². The number of halogens is 1. The van der Waals surface area contributed by atoms with Crippen molar-refractivity contribution < 1.29 is 4.92 Å². The Labute approximate surface area is 96.6 Å². The predicted molar refractivity (Wildman–Crippen MR) is 61.1 cm³/mol. The molecule has 0 radical (unpaired) electrons. The van der Waals surface area contributed by atoms with Crippen LogP contribution in [0.1, 0.15) is 0 Å². The number of fused-ring (bicyclic) bond motifs is 1. The lowest BCUT2D eigenvalue weighted by Gasteiger charge is -2.03. The Kier molecular flexibility index (Phi) is 2.35. The van der Waals surface area contributed by atoms with E-state index in [0.29, 0.717) is 4.47 Å². The summed E-state index contributed by atoms with van der Waals surface area (Å²) in [5, 5.41) is 11.0. The van der Waals surface area contributed by atoms with Gasteiger partial charge in [0.25, 0.3) is 5.56 Å². The summed E-state index contributed by atoms with van der Waals surface area (Å²) in [6.45, 7) is 0. The van der Waals surface area contributed by atoms with Crippen LogP contribution in [-0.2, 0) is 0 Å². The molecule has 16 heavy (non-hydrogen) atoms. The number of H-pyrrole nitrogens is 1. The highest BCUT2D eigenvalue weighted by molar-refractivity contribution is 9.10. The molecule has 0 spiro atoms. The maximum Gasteiger partial charge on any atom is 0.319 e. The van der Waals surface area contributed by atoms with E-state index < -0.39 is 10.5 Å². The molecule has 2 rings (SSSR count). The molecule has 1 aromatic carbocycles. The van der Waals surface area contributed by atoms with Crippen molar-refractivity contribution in [1.82, 2.24) is 9.97 Å². The first-order valence-electron chi connectivity index (χ1n) is 4.12. The van der Waals surface area contributed by atoms with Gasteiger partial charge >= 0.3 is 5.69 Å². The Hall–Kier alpha value is -1.96. The van der Waals surface area contributed by atoms with Crippen LogP contribution < -0.4 is 11.3 Å². The van der Waals surface area contributed by atoms with E-state index in [1.165, 1.54) is 6.07 Å². The van der Waals surface area contributed by atoms with E-state index in [1.807, 2.05) is 0 Å². The molecule has 82 valence electrons. The maximum atomic E-state index is 11.4. The SMILES string of the molecule is Nc1c(Br)cc2c(=O)[nH]cnc2c1[N+](=O)[O-]. The number of nitro benzene ring substituents is 1. The molecule has 3 N–H and O–H groups in total. The van der Waals surface area contributed by atoms with Crippen LogP contribution in [0, 0.1) is 10.1 Å². The minimum atomic E-state index is -0.658. The summed E-state index contributed by atoms with van der Waals surface area (Å²) in [6, 6.07) is 1.41. The monoisotopic (exact) mass is 284 g/mol. The number of nitrogen functional groups attached to an aromatic ring is 1. The summed E-state index contributed by atoms with van der Waals surface area (Å²) in [4.78, 5) is 27.7. The Morgan fingerprint density at radius 3 is 2.88 bits per heavy atom. The third kappa shape index (κ3) is 1.43. The lowest BCUT2D eigenvalue weighted by molar-refractivity contribution is -0.382. The summed E-state index contributed by atoms with van der Waals surface area (Å²) in [5.41, 5.74) is 4.68. The zero-order valence-electron chi connectivity index (χ0n) is 7.73. The van der Waals surface area contributed by atoms with Gasteiger partial charge in [0.15, 0.2) is 5.52 Å². The third-order valence-corrected chi connectivity index (χ3v) is 2.74. The van der Waals surface area contributed by atoms with Gasteiger partial charge in [0.1, 0.15) is 5.69 Å². The van der Waals surface area contributed by atoms with Crippen molar-refractivity contribution in [2.45, 2.75) is 0 Å². The molecule has 7 nitrogen and oxygen atoms in total. The van der Waals surface area contributed by atoms with Gasteiger partial charge in [-0.1, -0.05) is 0 Å². The Morgan fingerprint density at radius 1 is 1.56 bits per heavy atom. The lowest BCUT2D eigenvalue weighted by Crippen LogP contribution is -2.09. The fourth-order valence-electron chi connectivity index (χ4n) is 1.36. The van der Waals surface area contributed by atoms with Crippen molar-refractivity contribution in [2.75, 3.05) is 5.73 Å². The highest BCUT2D eigenvalue weighted by Crippen LogP contribution is 2.34. The highest BCUT2D eigenvalue weighted by Gasteiger charge is 2.21. The normalized spacial score (nSPS) is 10.6. The average molecular weight is 285 g/mol. The number of benzene rings is 1. The van der Waals surface area contributed by atoms with E-state index in [9.17, 15) is 14.9 Å². The average Bonchev–Trinajstić information content (AvgIpc) is 2.21. The quantitative estimate of drug-likeness (QED) is 0.463. The smallest absolute Gasteiger partial charge is 0.319 e. The molecule has 0 amide bonds. The fraction of sp³-hybridized carbons (Fsp3) is 0. The topological polar surface area (TPSA) is 115 Å². The van der Waals surface area contributed by atoms with Gasteiger partial charge in [0.2, 0.25) is 0 Å². The third-order valence-electron chi connectivity index (χ3n) is 2.08. The zero-order valence-corrected chi connectivity index (χ0v) is 9.32. The summed E-state index contributed by atoms with van der Waals surface area (Å²) < 4.78 is 0.296. The zero-order chi connectivity index (χ0) is 11.9. The number of anilines is 1. The van der Waals surface area contributed by atoms with E-state index in [2.05, 4.69) is 25.9 Å². The van der Waals surface area contributed by atoms with Crippen molar-refractivity contribution in [3.8, 4) is 0 Å². The van der Waals surface area contributed by atoms with Gasteiger partial charge in [-0.05, 0) is 22.0 Å². The first kappa shape index (κ1) is 10.6. The van der Waals surface area contributed by atoms with Crippen LogP contribution in [0.2, 0.25) is 0 Å². The number of aromatic nitrogens is 2. The second-order valence-corrected chi connectivity index (χ2v) is 3.86. The van der Waals surface area contributed by atoms with Gasteiger partial charge in [0, 0.05) is 4.47 Å². The van der Waals surface area contributed by atoms with Crippen LogP contribution in [0.15, 0.2) is 21.7 Å². The first-order valence-corrected chi connectivity index (χ1v) is 4.91. The van der Waals surface area contributed by atoms with Gasteiger partial charge < -0.3 is 10.7 Å². The van der Waals surface area contributed by atoms with Crippen LogP contribution in [-0.4, -0.2) is 14.9 Å². The van der Waals surface area contributed by atoms with Crippen LogP contribution >= 0.6 is 15.9 Å².